The number of rotatable bonds is 7. The van der Waals surface area contributed by atoms with Crippen molar-refractivity contribution in [3.05, 3.63) is 30.3 Å². The average molecular weight is 279 g/mol. The summed E-state index contributed by atoms with van der Waals surface area (Å²) < 4.78 is 5.57. The first kappa shape index (κ1) is 15.3. The maximum absolute atomic E-state index is 10.1. The van der Waals surface area contributed by atoms with E-state index < -0.39 is 6.10 Å². The predicted octanol–water partition coefficient (Wildman–Crippen LogP) is 1.66. The first-order chi connectivity index (χ1) is 9.65. The molecule has 20 heavy (non-hydrogen) atoms. The van der Waals surface area contributed by atoms with Gasteiger partial charge in [0.25, 0.3) is 0 Å². The minimum atomic E-state index is -0.496. The standard InChI is InChI=1S/C16H25NO3/c1-13(18)10-14-6-5-9-17(14)11-15(19)12-20-16-7-3-2-4-8-16/h2-4,7-8,13-15,18-19H,5-6,9-12H2,1H3. The Bertz CT molecular complexity index is 383. The van der Waals surface area contributed by atoms with Crippen LogP contribution in [0.2, 0.25) is 0 Å². The first-order valence-electron chi connectivity index (χ1n) is 7.43. The molecule has 1 aliphatic heterocycles. The molecule has 4 nitrogen and oxygen atoms in total. The predicted molar refractivity (Wildman–Crippen MR) is 78.8 cm³/mol. The van der Waals surface area contributed by atoms with E-state index in [9.17, 15) is 10.2 Å². The van der Waals surface area contributed by atoms with Gasteiger partial charge in [-0.1, -0.05) is 18.2 Å². The number of β-amino-alcohol motifs (C(OH)–C–C–N with tert-alkyl or cyclic N) is 1. The van der Waals surface area contributed by atoms with E-state index in [-0.39, 0.29) is 6.10 Å². The minimum absolute atomic E-state index is 0.279. The highest BCUT2D eigenvalue weighted by molar-refractivity contribution is 5.20. The number of para-hydroxylation sites is 1. The van der Waals surface area contributed by atoms with Crippen molar-refractivity contribution in [2.24, 2.45) is 0 Å². The highest BCUT2D eigenvalue weighted by Crippen LogP contribution is 2.21. The van der Waals surface area contributed by atoms with E-state index in [1.54, 1.807) is 0 Å². The van der Waals surface area contributed by atoms with Gasteiger partial charge >= 0.3 is 0 Å². The average Bonchev–Trinajstić information content (AvgIpc) is 2.84. The SMILES string of the molecule is CC(O)CC1CCCN1CC(O)COc1ccccc1. The number of likely N-dealkylation sites (tertiary alicyclic amines) is 1. The van der Waals surface area contributed by atoms with Gasteiger partial charge in [0.05, 0.1) is 6.10 Å². The van der Waals surface area contributed by atoms with Gasteiger partial charge in [0.1, 0.15) is 18.5 Å². The van der Waals surface area contributed by atoms with Crippen LogP contribution in [0.3, 0.4) is 0 Å². The van der Waals surface area contributed by atoms with Gasteiger partial charge < -0.3 is 14.9 Å². The number of ether oxygens (including phenoxy) is 1. The van der Waals surface area contributed by atoms with Crippen LogP contribution in [-0.4, -0.2) is 53.1 Å². The number of aliphatic hydroxyl groups excluding tert-OH is 2. The summed E-state index contributed by atoms with van der Waals surface area (Å²) in [4.78, 5) is 2.27. The van der Waals surface area contributed by atoms with E-state index in [0.717, 1.165) is 31.6 Å². The summed E-state index contributed by atoms with van der Waals surface area (Å²) in [6, 6.07) is 9.94. The second-order valence-electron chi connectivity index (χ2n) is 5.65. The van der Waals surface area contributed by atoms with Crippen molar-refractivity contribution in [2.45, 2.75) is 44.4 Å². The van der Waals surface area contributed by atoms with Crippen LogP contribution in [0.4, 0.5) is 0 Å². The zero-order valence-electron chi connectivity index (χ0n) is 12.1. The second kappa shape index (κ2) is 7.62. The van der Waals surface area contributed by atoms with E-state index in [1.165, 1.54) is 0 Å². The second-order valence-corrected chi connectivity index (χ2v) is 5.65. The van der Waals surface area contributed by atoms with E-state index in [0.29, 0.717) is 19.2 Å². The molecule has 1 heterocycles. The van der Waals surface area contributed by atoms with Gasteiger partial charge in [-0.3, -0.25) is 4.90 Å². The van der Waals surface area contributed by atoms with E-state index >= 15 is 0 Å². The lowest BCUT2D eigenvalue weighted by Crippen LogP contribution is -2.39. The third kappa shape index (κ3) is 4.78. The molecule has 0 bridgehead atoms. The van der Waals surface area contributed by atoms with E-state index in [1.807, 2.05) is 37.3 Å². The van der Waals surface area contributed by atoms with Gasteiger partial charge in [0.2, 0.25) is 0 Å². The highest BCUT2D eigenvalue weighted by Gasteiger charge is 2.27. The molecule has 1 fully saturated rings. The molecule has 1 saturated heterocycles. The topological polar surface area (TPSA) is 52.9 Å². The van der Waals surface area contributed by atoms with Gasteiger partial charge in [0, 0.05) is 12.6 Å². The summed E-state index contributed by atoms with van der Waals surface area (Å²) in [5.41, 5.74) is 0. The van der Waals surface area contributed by atoms with E-state index in [4.69, 9.17) is 4.74 Å². The number of nitrogens with zero attached hydrogens (tertiary/aromatic N) is 1. The van der Waals surface area contributed by atoms with Crippen LogP contribution in [0.1, 0.15) is 26.2 Å². The summed E-state index contributed by atoms with van der Waals surface area (Å²) in [5, 5.41) is 19.6. The molecule has 1 aromatic carbocycles. The molecule has 0 radical (unpaired) electrons. The summed E-state index contributed by atoms with van der Waals surface area (Å²) >= 11 is 0. The molecule has 0 aliphatic carbocycles. The molecule has 0 spiro atoms. The smallest absolute Gasteiger partial charge is 0.119 e. The van der Waals surface area contributed by atoms with Gasteiger partial charge in [-0.2, -0.15) is 0 Å². The largest absolute Gasteiger partial charge is 0.491 e. The van der Waals surface area contributed by atoms with Crippen molar-refractivity contribution >= 4 is 0 Å². The summed E-state index contributed by atoms with van der Waals surface area (Å²) in [5.74, 6) is 0.786. The lowest BCUT2D eigenvalue weighted by molar-refractivity contribution is 0.0537. The Kier molecular flexibility index (Phi) is 5.83. The molecule has 2 N–H and O–H groups in total. The maximum Gasteiger partial charge on any atom is 0.119 e. The summed E-state index contributed by atoms with van der Waals surface area (Å²) in [7, 11) is 0. The Balaban J connectivity index is 1.74. The van der Waals surface area contributed by atoms with Gasteiger partial charge in [-0.15, -0.1) is 0 Å². The number of hydrogen-bond acceptors (Lipinski definition) is 4. The molecule has 1 aliphatic rings. The molecule has 3 atom stereocenters. The first-order valence-corrected chi connectivity index (χ1v) is 7.43. The van der Waals surface area contributed by atoms with Gasteiger partial charge in [0.15, 0.2) is 0 Å². The van der Waals surface area contributed by atoms with Gasteiger partial charge in [-0.25, -0.2) is 0 Å². The Morgan fingerprint density at radius 3 is 2.75 bits per heavy atom. The Hall–Kier alpha value is -1.10. The third-order valence-corrected chi connectivity index (χ3v) is 3.74. The fraction of sp³-hybridized carbons (Fsp3) is 0.625. The van der Waals surface area contributed by atoms with Crippen molar-refractivity contribution in [2.75, 3.05) is 19.7 Å². The fourth-order valence-corrected chi connectivity index (χ4v) is 2.83. The zero-order valence-corrected chi connectivity index (χ0v) is 12.1. The normalized spacial score (nSPS) is 22.6. The van der Waals surface area contributed by atoms with Crippen molar-refractivity contribution in [3.63, 3.8) is 0 Å². The lowest BCUT2D eigenvalue weighted by Gasteiger charge is -2.27. The molecule has 2 rings (SSSR count). The maximum atomic E-state index is 10.1. The molecule has 0 saturated carbocycles. The molecule has 0 aromatic heterocycles. The van der Waals surface area contributed by atoms with Crippen molar-refractivity contribution in [1.29, 1.82) is 0 Å². The fourth-order valence-electron chi connectivity index (χ4n) is 2.83. The van der Waals surface area contributed by atoms with Crippen LogP contribution in [0.15, 0.2) is 30.3 Å². The molecule has 1 aromatic rings. The monoisotopic (exact) mass is 279 g/mol. The molecule has 3 unspecified atom stereocenters. The third-order valence-electron chi connectivity index (χ3n) is 3.74. The van der Waals surface area contributed by atoms with E-state index in [2.05, 4.69) is 4.90 Å². The van der Waals surface area contributed by atoms with Crippen LogP contribution in [0.25, 0.3) is 0 Å². The van der Waals surface area contributed by atoms with Crippen molar-refractivity contribution in [1.82, 2.24) is 4.90 Å². The molecule has 4 heteroatoms. The molecular weight excluding hydrogens is 254 g/mol. The number of benzene rings is 1. The van der Waals surface area contributed by atoms with Gasteiger partial charge in [-0.05, 0) is 44.9 Å². The Morgan fingerprint density at radius 1 is 1.30 bits per heavy atom. The highest BCUT2D eigenvalue weighted by atomic mass is 16.5. The Morgan fingerprint density at radius 2 is 2.05 bits per heavy atom. The summed E-state index contributed by atoms with van der Waals surface area (Å²) in [6.45, 7) is 3.75. The number of aliphatic hydroxyl groups is 2. The molecule has 0 amide bonds. The minimum Gasteiger partial charge on any atom is -0.491 e. The lowest BCUT2D eigenvalue weighted by atomic mass is 10.1. The zero-order chi connectivity index (χ0) is 14.4. The van der Waals surface area contributed by atoms with Crippen LogP contribution in [0, 0.1) is 0 Å². The molecule has 112 valence electrons. The Labute approximate surface area is 121 Å². The van der Waals surface area contributed by atoms with Crippen LogP contribution >= 0.6 is 0 Å². The quantitative estimate of drug-likeness (QED) is 0.797. The molecular formula is C16H25NO3. The van der Waals surface area contributed by atoms with Crippen LogP contribution in [-0.2, 0) is 0 Å². The van der Waals surface area contributed by atoms with Crippen molar-refractivity contribution in [3.8, 4) is 5.75 Å². The number of hydrogen-bond donors (Lipinski definition) is 2. The van der Waals surface area contributed by atoms with Crippen molar-refractivity contribution < 1.29 is 14.9 Å². The van der Waals surface area contributed by atoms with Crippen LogP contribution < -0.4 is 4.74 Å². The van der Waals surface area contributed by atoms with Crippen LogP contribution in [0.5, 0.6) is 5.75 Å². The summed E-state index contributed by atoms with van der Waals surface area (Å²) in [6.07, 6.45) is 2.26.